The van der Waals surface area contributed by atoms with E-state index in [1.807, 2.05) is 12.1 Å². The van der Waals surface area contributed by atoms with Crippen molar-refractivity contribution in [3.05, 3.63) is 71.5 Å². The molecule has 2 aromatic heterocycles. The van der Waals surface area contributed by atoms with Gasteiger partial charge in [-0.1, -0.05) is 26.0 Å². The molecule has 0 atom stereocenters. The van der Waals surface area contributed by atoms with E-state index in [1.165, 1.54) is 22.4 Å². The third-order valence-corrected chi connectivity index (χ3v) is 4.98. The first-order chi connectivity index (χ1) is 11.5. The monoisotopic (exact) mass is 317 g/mol. The third-order valence-electron chi connectivity index (χ3n) is 4.98. The summed E-state index contributed by atoms with van der Waals surface area (Å²) in [6.45, 7) is 6.63. The highest BCUT2D eigenvalue weighted by atomic mass is 16.5. The van der Waals surface area contributed by atoms with Crippen LogP contribution in [0.3, 0.4) is 0 Å². The van der Waals surface area contributed by atoms with Crippen molar-refractivity contribution in [1.82, 2.24) is 4.98 Å². The van der Waals surface area contributed by atoms with Crippen molar-refractivity contribution in [3.8, 4) is 22.9 Å². The van der Waals surface area contributed by atoms with Gasteiger partial charge in [-0.3, -0.25) is 0 Å². The Morgan fingerprint density at radius 1 is 1.04 bits per heavy atom. The summed E-state index contributed by atoms with van der Waals surface area (Å²) < 4.78 is 8.28. The molecule has 24 heavy (non-hydrogen) atoms. The van der Waals surface area contributed by atoms with Crippen molar-refractivity contribution in [1.29, 1.82) is 0 Å². The Bertz CT molecular complexity index is 944. The van der Waals surface area contributed by atoms with Crippen LogP contribution in [0.4, 0.5) is 0 Å². The zero-order valence-electron chi connectivity index (χ0n) is 14.5. The van der Waals surface area contributed by atoms with E-state index in [0.29, 0.717) is 5.88 Å². The number of aryl methyl sites for hydroxylation is 2. The Morgan fingerprint density at radius 3 is 2.67 bits per heavy atom. The topological polar surface area (TPSA) is 26.0 Å². The average Bonchev–Trinajstić information content (AvgIpc) is 2.56. The SMILES string of the molecule is Cc1cc2c(cc1-c1cccc[n+]1C)Oc1ncccc1C2(C)C. The van der Waals surface area contributed by atoms with Crippen molar-refractivity contribution in [2.24, 2.45) is 7.05 Å². The Labute approximate surface area is 142 Å². The lowest BCUT2D eigenvalue weighted by Crippen LogP contribution is -2.30. The van der Waals surface area contributed by atoms with E-state index in [4.69, 9.17) is 4.74 Å². The van der Waals surface area contributed by atoms with Crippen LogP contribution in [0.25, 0.3) is 11.3 Å². The fraction of sp³-hybridized carbons (Fsp3) is 0.238. The first-order valence-electron chi connectivity index (χ1n) is 8.22. The molecule has 0 fully saturated rings. The van der Waals surface area contributed by atoms with Crippen LogP contribution in [-0.2, 0) is 12.5 Å². The molecule has 0 spiro atoms. The van der Waals surface area contributed by atoms with E-state index in [-0.39, 0.29) is 5.41 Å². The lowest BCUT2D eigenvalue weighted by atomic mass is 9.75. The zero-order valence-corrected chi connectivity index (χ0v) is 14.5. The van der Waals surface area contributed by atoms with Gasteiger partial charge in [0.1, 0.15) is 12.8 Å². The van der Waals surface area contributed by atoms with Crippen LogP contribution < -0.4 is 9.30 Å². The fourth-order valence-electron chi connectivity index (χ4n) is 3.54. The molecule has 3 aromatic rings. The quantitative estimate of drug-likeness (QED) is 0.625. The van der Waals surface area contributed by atoms with Gasteiger partial charge in [-0.05, 0) is 30.7 Å². The molecule has 0 N–H and O–H groups in total. The highest BCUT2D eigenvalue weighted by Gasteiger charge is 2.35. The van der Waals surface area contributed by atoms with Crippen LogP contribution >= 0.6 is 0 Å². The molecule has 3 nitrogen and oxygen atoms in total. The molecule has 4 rings (SSSR count). The molecule has 1 aromatic carbocycles. The predicted octanol–water partition coefficient (Wildman–Crippen LogP) is 4.31. The minimum Gasteiger partial charge on any atom is -0.438 e. The number of ether oxygens (including phenoxy) is 1. The summed E-state index contributed by atoms with van der Waals surface area (Å²) in [6, 6.07) is 14.7. The van der Waals surface area contributed by atoms with E-state index < -0.39 is 0 Å². The van der Waals surface area contributed by atoms with Gasteiger partial charge in [0.15, 0.2) is 6.20 Å². The Morgan fingerprint density at radius 2 is 1.88 bits per heavy atom. The fourth-order valence-corrected chi connectivity index (χ4v) is 3.54. The van der Waals surface area contributed by atoms with E-state index >= 15 is 0 Å². The highest BCUT2D eigenvalue weighted by Crippen LogP contribution is 2.48. The molecule has 3 heteroatoms. The Balaban J connectivity index is 1.93. The summed E-state index contributed by atoms with van der Waals surface area (Å²) in [5.41, 5.74) is 5.83. The number of nitrogens with zero attached hydrogens (tertiary/aromatic N) is 2. The number of pyridine rings is 2. The molecule has 0 unspecified atom stereocenters. The summed E-state index contributed by atoms with van der Waals surface area (Å²) in [6.07, 6.45) is 3.85. The van der Waals surface area contributed by atoms with Crippen molar-refractivity contribution in [3.63, 3.8) is 0 Å². The van der Waals surface area contributed by atoms with Gasteiger partial charge >= 0.3 is 0 Å². The van der Waals surface area contributed by atoms with Crippen LogP contribution in [0.1, 0.15) is 30.5 Å². The first kappa shape index (κ1) is 14.9. The van der Waals surface area contributed by atoms with Gasteiger partial charge < -0.3 is 4.74 Å². The van der Waals surface area contributed by atoms with E-state index in [0.717, 1.165) is 11.3 Å². The molecule has 0 aliphatic carbocycles. The lowest BCUT2D eigenvalue weighted by molar-refractivity contribution is -0.660. The smallest absolute Gasteiger partial charge is 0.223 e. The van der Waals surface area contributed by atoms with Gasteiger partial charge in [0.2, 0.25) is 11.6 Å². The molecule has 0 amide bonds. The number of hydrogen-bond acceptors (Lipinski definition) is 2. The van der Waals surface area contributed by atoms with Crippen molar-refractivity contribution >= 4 is 0 Å². The molecule has 1 aliphatic rings. The summed E-state index contributed by atoms with van der Waals surface area (Å²) >= 11 is 0. The third kappa shape index (κ3) is 2.12. The average molecular weight is 317 g/mol. The molecule has 1 aliphatic heterocycles. The summed E-state index contributed by atoms with van der Waals surface area (Å²) in [4.78, 5) is 4.43. The number of rotatable bonds is 1. The molecule has 0 radical (unpaired) electrons. The minimum absolute atomic E-state index is 0.126. The van der Waals surface area contributed by atoms with Gasteiger partial charge in [0.05, 0.1) is 5.56 Å². The molecular formula is C21H21N2O+. The van der Waals surface area contributed by atoms with Gasteiger partial charge in [-0.15, -0.1) is 0 Å². The molecule has 0 saturated carbocycles. The van der Waals surface area contributed by atoms with Crippen LogP contribution in [0.5, 0.6) is 11.6 Å². The van der Waals surface area contributed by atoms with Crippen LogP contribution in [0.15, 0.2) is 54.9 Å². The van der Waals surface area contributed by atoms with Crippen LogP contribution in [0, 0.1) is 6.92 Å². The molecular weight excluding hydrogens is 296 g/mol. The van der Waals surface area contributed by atoms with E-state index in [1.54, 1.807) is 6.20 Å². The zero-order chi connectivity index (χ0) is 16.9. The summed E-state index contributed by atoms with van der Waals surface area (Å²) in [5, 5.41) is 0. The van der Waals surface area contributed by atoms with Crippen LogP contribution in [0.2, 0.25) is 0 Å². The maximum atomic E-state index is 6.15. The second kappa shape index (κ2) is 5.17. The Hall–Kier alpha value is -2.68. The standard InChI is InChI=1S/C21H21N2O/c1-14-12-17-19(13-15(14)18-9-5-6-11-23(18)4)24-20-16(21(17,2)3)8-7-10-22-20/h5-13H,1-4H3/q+1. The summed E-state index contributed by atoms with van der Waals surface area (Å²) in [7, 11) is 2.07. The van der Waals surface area contributed by atoms with Gasteiger partial charge in [-0.2, -0.15) is 0 Å². The molecule has 0 bridgehead atoms. The summed E-state index contributed by atoms with van der Waals surface area (Å²) in [5.74, 6) is 1.61. The van der Waals surface area contributed by atoms with Crippen molar-refractivity contribution in [2.45, 2.75) is 26.2 Å². The second-order valence-corrected chi connectivity index (χ2v) is 6.94. The maximum absolute atomic E-state index is 6.15. The van der Waals surface area contributed by atoms with Crippen LogP contribution in [-0.4, -0.2) is 4.98 Å². The second-order valence-electron chi connectivity index (χ2n) is 6.94. The number of hydrogen-bond donors (Lipinski definition) is 0. The minimum atomic E-state index is -0.126. The van der Waals surface area contributed by atoms with E-state index in [2.05, 4.69) is 73.9 Å². The van der Waals surface area contributed by atoms with Gasteiger partial charge in [0, 0.05) is 34.9 Å². The van der Waals surface area contributed by atoms with Crippen molar-refractivity contribution in [2.75, 3.05) is 0 Å². The Kier molecular flexibility index (Phi) is 3.20. The molecule has 3 heterocycles. The lowest BCUT2D eigenvalue weighted by Gasteiger charge is -2.34. The number of aromatic nitrogens is 2. The highest BCUT2D eigenvalue weighted by molar-refractivity contribution is 5.68. The number of fused-ring (bicyclic) bond motifs is 2. The molecule has 0 saturated heterocycles. The van der Waals surface area contributed by atoms with E-state index in [9.17, 15) is 0 Å². The first-order valence-corrected chi connectivity index (χ1v) is 8.22. The van der Waals surface area contributed by atoms with Gasteiger partial charge in [-0.25, -0.2) is 9.55 Å². The van der Waals surface area contributed by atoms with Crippen molar-refractivity contribution < 1.29 is 9.30 Å². The predicted molar refractivity (Wildman–Crippen MR) is 94.2 cm³/mol. The van der Waals surface area contributed by atoms with Gasteiger partial charge in [0.25, 0.3) is 0 Å². The maximum Gasteiger partial charge on any atom is 0.223 e. The normalized spacial score (nSPS) is 14.5. The molecule has 120 valence electrons. The largest absolute Gasteiger partial charge is 0.438 e. The number of benzene rings is 1.